The van der Waals surface area contributed by atoms with Crippen LogP contribution in [-0.4, -0.2) is 48.4 Å². The number of nitrogens with one attached hydrogen (secondary N) is 1. The highest BCUT2D eigenvalue weighted by molar-refractivity contribution is 6.03. The summed E-state index contributed by atoms with van der Waals surface area (Å²) >= 11 is 0. The number of piperidine rings is 1. The maximum atomic E-state index is 8.58. The van der Waals surface area contributed by atoms with Gasteiger partial charge in [0.05, 0.1) is 0 Å². The number of allylic oxidation sites excluding steroid dienone is 2. The van der Waals surface area contributed by atoms with Crippen LogP contribution in [0.4, 0.5) is 0 Å². The summed E-state index contributed by atoms with van der Waals surface area (Å²) in [5.41, 5.74) is 7.79. The van der Waals surface area contributed by atoms with Crippen molar-refractivity contribution < 1.29 is 0 Å². The monoisotopic (exact) mass is 609 g/mol. The van der Waals surface area contributed by atoms with Crippen molar-refractivity contribution in [3.63, 3.8) is 0 Å². The third-order valence-electron chi connectivity index (χ3n) is 7.46. The van der Waals surface area contributed by atoms with Crippen molar-refractivity contribution in [2.24, 2.45) is 17.6 Å². The van der Waals surface area contributed by atoms with Gasteiger partial charge in [-0.3, -0.25) is 5.41 Å². The maximum absolute atomic E-state index is 8.58. The first-order valence-electron chi connectivity index (χ1n) is 18.7. The molecule has 1 saturated carbocycles. The maximum Gasteiger partial charge on any atom is 0.132 e. The van der Waals surface area contributed by atoms with Crippen LogP contribution >= 0.6 is 0 Å². The van der Waals surface area contributed by atoms with Gasteiger partial charge in [0.1, 0.15) is 5.84 Å². The van der Waals surface area contributed by atoms with Gasteiger partial charge in [-0.15, -0.1) is 6.58 Å². The molecule has 0 bridgehead atoms. The number of nitrogens with zero attached hydrogens (tertiary/aromatic N) is 2. The standard InChI is InChI=1S/C18H29N3.C7H14.C4H11N.5C2H6/c1-3-16-17(14-9-11-20(2)12-10-14)13-21(18(16)19)15-7-5-4-6-8-15;1-4-7(5-2)6-3;1-2-3-4-5;5*1-2/h3,13-15,19H,4-12H2,1-2H3;4,7H,1,5-6H2,2-3H3;2-5H2,1H3;5*1-2H3/b16-3-,19-18?;;;;;;;. The summed E-state index contributed by atoms with van der Waals surface area (Å²) < 4.78 is 0. The average Bonchev–Trinajstić information content (AvgIpc) is 3.44. The lowest BCUT2D eigenvalue weighted by atomic mass is 9.86. The fourth-order valence-electron chi connectivity index (χ4n) is 4.98. The zero-order chi connectivity index (χ0) is 34.6. The van der Waals surface area contributed by atoms with Crippen LogP contribution in [0.25, 0.3) is 0 Å². The molecule has 0 aromatic rings. The second-order valence-electron chi connectivity index (χ2n) is 9.87. The van der Waals surface area contributed by atoms with Crippen molar-refractivity contribution in [1.29, 1.82) is 5.41 Å². The van der Waals surface area contributed by atoms with E-state index in [0.29, 0.717) is 12.0 Å². The minimum absolute atomic E-state index is 0.574. The molecule has 4 nitrogen and oxygen atoms in total. The molecule has 0 spiro atoms. The topological polar surface area (TPSA) is 56.4 Å². The lowest BCUT2D eigenvalue weighted by molar-refractivity contribution is 0.238. The van der Waals surface area contributed by atoms with E-state index in [-0.39, 0.29) is 0 Å². The van der Waals surface area contributed by atoms with E-state index in [1.54, 1.807) is 0 Å². The first-order chi connectivity index (χ1) is 21.0. The van der Waals surface area contributed by atoms with E-state index in [1.165, 1.54) is 94.9 Å². The van der Waals surface area contributed by atoms with Crippen molar-refractivity contribution in [3.8, 4) is 0 Å². The van der Waals surface area contributed by atoms with Gasteiger partial charge in [0.2, 0.25) is 0 Å². The molecule has 260 valence electrons. The lowest BCUT2D eigenvalue weighted by Gasteiger charge is -2.31. The Labute approximate surface area is 274 Å². The van der Waals surface area contributed by atoms with Crippen LogP contribution in [-0.2, 0) is 0 Å². The highest BCUT2D eigenvalue weighted by atomic mass is 15.2. The van der Waals surface area contributed by atoms with Gasteiger partial charge in [-0.2, -0.15) is 0 Å². The predicted octanol–water partition coefficient (Wildman–Crippen LogP) is 12.3. The Hall–Kier alpha value is -1.39. The smallest absolute Gasteiger partial charge is 0.132 e. The van der Waals surface area contributed by atoms with Gasteiger partial charge in [0.25, 0.3) is 0 Å². The van der Waals surface area contributed by atoms with Gasteiger partial charge in [-0.1, -0.05) is 128 Å². The molecule has 0 aromatic carbocycles. The number of likely N-dealkylation sites (tertiary alicyclic amines) is 1. The summed E-state index contributed by atoms with van der Waals surface area (Å²) in [4.78, 5) is 4.72. The van der Waals surface area contributed by atoms with E-state index in [1.807, 2.05) is 75.3 Å². The molecule has 2 aliphatic heterocycles. The van der Waals surface area contributed by atoms with E-state index in [9.17, 15) is 0 Å². The minimum Gasteiger partial charge on any atom is -0.330 e. The van der Waals surface area contributed by atoms with Gasteiger partial charge in [-0.25, -0.2) is 0 Å². The quantitative estimate of drug-likeness (QED) is 0.283. The Morgan fingerprint density at radius 1 is 0.860 bits per heavy atom. The molecule has 1 saturated heterocycles. The van der Waals surface area contributed by atoms with E-state index in [0.717, 1.165) is 18.3 Å². The number of unbranched alkanes of at least 4 members (excludes halogenated alkanes) is 1. The average molecular weight is 609 g/mol. The summed E-state index contributed by atoms with van der Waals surface area (Å²) in [6.45, 7) is 35.5. The number of rotatable bonds is 7. The summed E-state index contributed by atoms with van der Waals surface area (Å²) in [5, 5.41) is 8.58. The van der Waals surface area contributed by atoms with Gasteiger partial charge in [0, 0.05) is 17.8 Å². The molecule has 0 amide bonds. The molecule has 0 radical (unpaired) electrons. The van der Waals surface area contributed by atoms with Crippen LogP contribution in [0.1, 0.15) is 168 Å². The summed E-state index contributed by atoms with van der Waals surface area (Å²) in [5.74, 6) is 2.17. The first-order valence-corrected chi connectivity index (χ1v) is 18.7. The largest absolute Gasteiger partial charge is 0.330 e. The van der Waals surface area contributed by atoms with Crippen molar-refractivity contribution in [3.05, 3.63) is 36.1 Å². The second-order valence-corrected chi connectivity index (χ2v) is 9.87. The molecule has 0 atom stereocenters. The van der Waals surface area contributed by atoms with E-state index in [4.69, 9.17) is 11.1 Å². The van der Waals surface area contributed by atoms with Gasteiger partial charge < -0.3 is 15.5 Å². The Kier molecular flexibility index (Phi) is 48.4. The molecule has 2 fully saturated rings. The van der Waals surface area contributed by atoms with E-state index < -0.39 is 0 Å². The van der Waals surface area contributed by atoms with Crippen LogP contribution in [0, 0.1) is 17.2 Å². The summed E-state index contributed by atoms with van der Waals surface area (Å²) in [7, 11) is 2.21. The zero-order valence-electron chi connectivity index (χ0n) is 32.5. The van der Waals surface area contributed by atoms with Crippen molar-refractivity contribution >= 4 is 5.84 Å². The molecule has 1 aliphatic carbocycles. The number of nitrogens with two attached hydrogens (primary N) is 1. The van der Waals surface area contributed by atoms with E-state index >= 15 is 0 Å². The number of hydrogen-bond acceptors (Lipinski definition) is 3. The minimum atomic E-state index is 0.574. The van der Waals surface area contributed by atoms with Crippen LogP contribution in [0.15, 0.2) is 36.1 Å². The highest BCUT2D eigenvalue weighted by Crippen LogP contribution is 2.37. The van der Waals surface area contributed by atoms with Crippen LogP contribution in [0.3, 0.4) is 0 Å². The molecule has 3 aliphatic rings. The van der Waals surface area contributed by atoms with Gasteiger partial charge >= 0.3 is 0 Å². The zero-order valence-corrected chi connectivity index (χ0v) is 32.5. The van der Waals surface area contributed by atoms with E-state index in [2.05, 4.69) is 63.4 Å². The molecule has 4 heteroatoms. The Morgan fingerprint density at radius 2 is 1.33 bits per heavy atom. The molecule has 43 heavy (non-hydrogen) atoms. The Bertz CT molecular complexity index is 603. The molecule has 0 unspecified atom stereocenters. The third-order valence-corrected chi connectivity index (χ3v) is 7.46. The Balaban J connectivity index is -0.000000182. The van der Waals surface area contributed by atoms with Crippen molar-refractivity contribution in [2.75, 3.05) is 26.7 Å². The summed E-state index contributed by atoms with van der Waals surface area (Å²) in [6, 6.07) is 0.574. The fraction of sp³-hybridized carbons (Fsp3) is 0.821. The molecule has 0 aromatic heterocycles. The van der Waals surface area contributed by atoms with Crippen molar-refractivity contribution in [1.82, 2.24) is 9.80 Å². The highest BCUT2D eigenvalue weighted by Gasteiger charge is 2.34. The van der Waals surface area contributed by atoms with Gasteiger partial charge in [0.15, 0.2) is 0 Å². The third kappa shape index (κ3) is 23.6. The SMILES string of the molecule is C/C=C1\C(=N)N(C2CCCCC2)C=C1C1CCN(C)CC1.C=CC(CC)CC.CC.CC.CC.CC.CC.CCCCN. The molecule has 3 rings (SSSR count). The predicted molar refractivity (Wildman–Crippen MR) is 203 cm³/mol. The molecule has 3 N–H and O–H groups in total. The normalized spacial score (nSPS) is 17.1. The number of hydrogen-bond donors (Lipinski definition) is 2. The van der Waals surface area contributed by atoms with Crippen LogP contribution in [0.5, 0.6) is 0 Å². The number of amidine groups is 1. The van der Waals surface area contributed by atoms with Crippen LogP contribution in [0.2, 0.25) is 0 Å². The van der Waals surface area contributed by atoms with Crippen molar-refractivity contribution in [2.45, 2.75) is 174 Å². The second kappa shape index (κ2) is 40.6. The molecular formula is C39H84N4. The van der Waals surface area contributed by atoms with Gasteiger partial charge in [-0.05, 0) is 96.0 Å². The first kappa shape index (κ1) is 51.2. The fourth-order valence-corrected chi connectivity index (χ4v) is 4.98. The van der Waals surface area contributed by atoms with Crippen LogP contribution < -0.4 is 5.73 Å². The molecular weight excluding hydrogens is 524 g/mol. The lowest BCUT2D eigenvalue weighted by Crippen LogP contribution is -2.34. The summed E-state index contributed by atoms with van der Waals surface area (Å²) in [6.07, 6.45) is 20.4. The Morgan fingerprint density at radius 3 is 1.63 bits per heavy atom. The molecule has 2 heterocycles.